The van der Waals surface area contributed by atoms with E-state index in [1.54, 1.807) is 0 Å². The fourth-order valence-electron chi connectivity index (χ4n) is 12.2. The summed E-state index contributed by atoms with van der Waals surface area (Å²) in [7, 11) is 0. The van der Waals surface area contributed by atoms with Crippen LogP contribution in [0.15, 0.2) is 303 Å². The third-order valence-electron chi connectivity index (χ3n) is 15.6. The summed E-state index contributed by atoms with van der Waals surface area (Å²) in [4.78, 5) is 5.03. The van der Waals surface area contributed by atoms with Gasteiger partial charge in [0.1, 0.15) is 0 Å². The van der Waals surface area contributed by atoms with Gasteiger partial charge in [0, 0.05) is 55.4 Å². The second kappa shape index (κ2) is 18.7. The van der Waals surface area contributed by atoms with Crippen molar-refractivity contribution in [3.63, 3.8) is 0 Å². The van der Waals surface area contributed by atoms with Gasteiger partial charge in [-0.05, 0) is 123 Å². The largest absolute Gasteiger partial charge is 0.308 e. The summed E-state index contributed by atoms with van der Waals surface area (Å²) in [6.07, 6.45) is 0. The van der Waals surface area contributed by atoms with E-state index in [1.165, 1.54) is 48.8 Å². The van der Waals surface area contributed by atoms with Crippen molar-refractivity contribution in [1.82, 2.24) is 9.13 Å². The van der Waals surface area contributed by atoms with E-state index in [0.717, 1.165) is 84.1 Å². The van der Waals surface area contributed by atoms with Crippen LogP contribution in [0.1, 0.15) is 0 Å². The Labute approximate surface area is 452 Å². The summed E-state index contributed by atoms with van der Waals surface area (Å²) >= 11 is 0. The summed E-state index contributed by atoms with van der Waals surface area (Å²) < 4.78 is 4.91. The molecule has 0 unspecified atom stereocenters. The smallest absolute Gasteiger partial charge is 0.0782 e. The molecule has 15 rings (SSSR count). The number of fused-ring (bicyclic) bond motifs is 9. The van der Waals surface area contributed by atoms with Crippen molar-refractivity contribution in [1.29, 1.82) is 0 Å². The summed E-state index contributed by atoms with van der Waals surface area (Å²) in [5.74, 6) is 0. The zero-order chi connectivity index (χ0) is 51.5. The van der Waals surface area contributed by atoms with E-state index in [9.17, 15) is 0 Å². The van der Waals surface area contributed by atoms with Gasteiger partial charge in [-0.15, -0.1) is 0 Å². The molecule has 0 bridgehead atoms. The van der Waals surface area contributed by atoms with Crippen molar-refractivity contribution < 1.29 is 0 Å². The van der Waals surface area contributed by atoms with Gasteiger partial charge < -0.3 is 18.9 Å². The predicted molar refractivity (Wildman–Crippen MR) is 330 cm³/mol. The third-order valence-corrected chi connectivity index (χ3v) is 15.6. The van der Waals surface area contributed by atoms with Crippen molar-refractivity contribution in [2.75, 3.05) is 9.80 Å². The molecule has 0 saturated carbocycles. The molecule has 15 aromatic rings. The summed E-state index contributed by atoms with van der Waals surface area (Å²) in [5, 5.41) is 9.44. The van der Waals surface area contributed by atoms with Gasteiger partial charge >= 0.3 is 0 Å². The minimum Gasteiger partial charge on any atom is -0.308 e. The Morgan fingerprint density at radius 2 is 0.628 bits per heavy atom. The standard InChI is InChI=1S/C74H50N4/c1-5-21-51(22-6-1)53-41-45-59(46-42-53)75(69-37-19-33-65-63-31-15-17-35-67(63)77(73(65)69)57-26-9-3-10-27-57)61-49-56-40-39-55-25-13-14-30-62(55)72(56)71(50-61)76(60-47-43-54(44-48-60)52-23-7-2-8-24-52)70-38-20-34-66-64-32-16-18-36-68(64)78(74(66)70)58-28-11-4-12-29-58/h1-50H. The molecule has 4 heteroatoms. The molecular formula is C74H50N4. The lowest BCUT2D eigenvalue weighted by atomic mass is 9.97. The molecule has 2 heterocycles. The molecule has 0 fully saturated rings. The Morgan fingerprint density at radius 1 is 0.231 bits per heavy atom. The van der Waals surface area contributed by atoms with Crippen molar-refractivity contribution >= 4 is 99.3 Å². The van der Waals surface area contributed by atoms with Crippen LogP contribution in [0.25, 0.3) is 98.8 Å². The van der Waals surface area contributed by atoms with Crippen LogP contribution >= 0.6 is 0 Å². The van der Waals surface area contributed by atoms with E-state index in [-0.39, 0.29) is 0 Å². The topological polar surface area (TPSA) is 16.3 Å². The highest BCUT2D eigenvalue weighted by atomic mass is 15.2. The first-order chi connectivity index (χ1) is 38.7. The first-order valence-electron chi connectivity index (χ1n) is 26.8. The maximum absolute atomic E-state index is 2.53. The van der Waals surface area contributed by atoms with Gasteiger partial charge in [0.05, 0.1) is 39.1 Å². The van der Waals surface area contributed by atoms with E-state index < -0.39 is 0 Å². The Hall–Kier alpha value is -10.4. The maximum Gasteiger partial charge on any atom is 0.0782 e. The van der Waals surface area contributed by atoms with E-state index >= 15 is 0 Å². The molecular weight excluding hydrogens is 945 g/mol. The fourth-order valence-corrected chi connectivity index (χ4v) is 12.2. The Balaban J connectivity index is 1.07. The molecule has 2 aromatic heterocycles. The van der Waals surface area contributed by atoms with Gasteiger partial charge in [-0.3, -0.25) is 0 Å². The molecule has 0 aliphatic carbocycles. The van der Waals surface area contributed by atoms with Gasteiger partial charge in [0.2, 0.25) is 0 Å². The van der Waals surface area contributed by atoms with E-state index in [1.807, 2.05) is 0 Å². The molecule has 0 radical (unpaired) electrons. The number of rotatable bonds is 10. The van der Waals surface area contributed by atoms with Crippen molar-refractivity contribution in [3.8, 4) is 33.6 Å². The molecule has 78 heavy (non-hydrogen) atoms. The lowest BCUT2D eigenvalue weighted by Crippen LogP contribution is -2.15. The average molecular weight is 995 g/mol. The molecule has 4 nitrogen and oxygen atoms in total. The van der Waals surface area contributed by atoms with Crippen LogP contribution in [0.3, 0.4) is 0 Å². The number of hydrogen-bond acceptors (Lipinski definition) is 2. The molecule has 13 aromatic carbocycles. The number of aromatic nitrogens is 2. The Kier molecular flexibility index (Phi) is 10.8. The zero-order valence-electron chi connectivity index (χ0n) is 42.7. The Bertz CT molecular complexity index is 4700. The van der Waals surface area contributed by atoms with Gasteiger partial charge in [-0.25, -0.2) is 0 Å². The normalized spacial score (nSPS) is 11.6. The van der Waals surface area contributed by atoms with Gasteiger partial charge in [-0.1, -0.05) is 218 Å². The number of anilines is 6. The van der Waals surface area contributed by atoms with Gasteiger partial charge in [0.15, 0.2) is 0 Å². The van der Waals surface area contributed by atoms with Crippen LogP contribution in [0.5, 0.6) is 0 Å². The molecule has 366 valence electrons. The van der Waals surface area contributed by atoms with Crippen LogP contribution in [-0.2, 0) is 0 Å². The lowest BCUT2D eigenvalue weighted by Gasteiger charge is -2.32. The molecule has 0 atom stereocenters. The number of benzene rings is 13. The van der Waals surface area contributed by atoms with E-state index in [2.05, 4.69) is 322 Å². The second-order valence-corrected chi connectivity index (χ2v) is 20.1. The molecule has 0 saturated heterocycles. The van der Waals surface area contributed by atoms with Crippen LogP contribution < -0.4 is 9.80 Å². The summed E-state index contributed by atoms with van der Waals surface area (Å²) in [6, 6.07) is 111. The molecule has 0 spiro atoms. The molecule has 0 aliphatic rings. The minimum absolute atomic E-state index is 1.03. The zero-order valence-corrected chi connectivity index (χ0v) is 42.7. The molecule has 0 amide bonds. The van der Waals surface area contributed by atoms with Gasteiger partial charge in [-0.2, -0.15) is 0 Å². The van der Waals surface area contributed by atoms with Crippen LogP contribution in [0.2, 0.25) is 0 Å². The number of para-hydroxylation sites is 6. The lowest BCUT2D eigenvalue weighted by molar-refractivity contribution is 1.16. The SMILES string of the molecule is c1ccc(-c2ccc(N(c3cc(N(c4ccc(-c5ccccc5)cc4)c4cccc5c6ccccc6n(-c6ccccc6)c45)c4c(ccc5ccccc54)c3)c3cccc4c5ccccc5n(-c5ccccc5)c34)cc2)cc1. The number of nitrogens with zero attached hydrogens (tertiary/aromatic N) is 4. The average Bonchev–Trinajstić information content (AvgIpc) is 4.11. The first-order valence-corrected chi connectivity index (χ1v) is 26.8. The van der Waals surface area contributed by atoms with Crippen LogP contribution in [0.4, 0.5) is 34.1 Å². The fraction of sp³-hybridized carbons (Fsp3) is 0. The van der Waals surface area contributed by atoms with E-state index in [4.69, 9.17) is 0 Å². The quantitative estimate of drug-likeness (QED) is 0.127. The highest BCUT2D eigenvalue weighted by Crippen LogP contribution is 2.51. The second-order valence-electron chi connectivity index (χ2n) is 20.1. The van der Waals surface area contributed by atoms with Crippen LogP contribution in [0, 0.1) is 0 Å². The summed E-state index contributed by atoms with van der Waals surface area (Å²) in [5.41, 5.74) is 17.8. The van der Waals surface area contributed by atoms with Gasteiger partial charge in [0.25, 0.3) is 0 Å². The summed E-state index contributed by atoms with van der Waals surface area (Å²) in [6.45, 7) is 0. The van der Waals surface area contributed by atoms with E-state index in [0.29, 0.717) is 0 Å². The number of hydrogen-bond donors (Lipinski definition) is 0. The minimum atomic E-state index is 1.03. The monoisotopic (exact) mass is 994 g/mol. The van der Waals surface area contributed by atoms with Crippen molar-refractivity contribution in [2.24, 2.45) is 0 Å². The highest BCUT2D eigenvalue weighted by Gasteiger charge is 2.27. The molecule has 0 N–H and O–H groups in total. The third kappa shape index (κ3) is 7.45. The first kappa shape index (κ1) is 45.0. The predicted octanol–water partition coefficient (Wildman–Crippen LogP) is 20.5. The molecule has 0 aliphatic heterocycles. The highest BCUT2D eigenvalue weighted by molar-refractivity contribution is 6.20. The Morgan fingerprint density at radius 3 is 1.15 bits per heavy atom. The maximum atomic E-state index is 2.53. The van der Waals surface area contributed by atoms with Crippen molar-refractivity contribution in [3.05, 3.63) is 303 Å². The van der Waals surface area contributed by atoms with Crippen LogP contribution in [-0.4, -0.2) is 9.13 Å². The van der Waals surface area contributed by atoms with Crippen molar-refractivity contribution in [2.45, 2.75) is 0 Å².